The maximum atomic E-state index is 12.3. The number of nitrogens with one attached hydrogen (secondary N) is 2. The van der Waals surface area contributed by atoms with E-state index in [2.05, 4.69) is 27.5 Å². The number of rotatable bonds is 5. The van der Waals surface area contributed by atoms with Crippen LogP contribution < -0.4 is 10.6 Å². The molecule has 1 amide bonds. The van der Waals surface area contributed by atoms with E-state index < -0.39 is 0 Å². The van der Waals surface area contributed by atoms with Crippen molar-refractivity contribution in [2.75, 3.05) is 17.2 Å². The van der Waals surface area contributed by atoms with Gasteiger partial charge in [0.25, 0.3) is 5.91 Å². The maximum absolute atomic E-state index is 12.3. The molecule has 0 aliphatic carbocycles. The van der Waals surface area contributed by atoms with Gasteiger partial charge in [-0.25, -0.2) is 9.97 Å². The summed E-state index contributed by atoms with van der Waals surface area (Å²) >= 11 is 0. The van der Waals surface area contributed by atoms with Crippen molar-refractivity contribution in [3.63, 3.8) is 0 Å². The summed E-state index contributed by atoms with van der Waals surface area (Å²) in [6.07, 6.45) is 0.994. The van der Waals surface area contributed by atoms with Gasteiger partial charge in [-0.2, -0.15) is 0 Å². The first kappa shape index (κ1) is 15.0. The molecular formula is C16H20N4O. The van der Waals surface area contributed by atoms with Crippen LogP contribution in [0, 0.1) is 13.8 Å². The Kier molecular flexibility index (Phi) is 4.87. The fourth-order valence-electron chi connectivity index (χ4n) is 1.95. The van der Waals surface area contributed by atoms with Crippen LogP contribution in [0.5, 0.6) is 0 Å². The van der Waals surface area contributed by atoms with Crippen molar-refractivity contribution in [2.24, 2.45) is 0 Å². The highest BCUT2D eigenvalue weighted by atomic mass is 16.1. The molecule has 0 unspecified atom stereocenters. The smallest absolute Gasteiger partial charge is 0.274 e. The third-order valence-corrected chi connectivity index (χ3v) is 2.90. The van der Waals surface area contributed by atoms with Gasteiger partial charge < -0.3 is 10.6 Å². The molecule has 5 nitrogen and oxygen atoms in total. The Morgan fingerprint density at radius 2 is 2.00 bits per heavy atom. The molecular weight excluding hydrogens is 264 g/mol. The number of benzene rings is 1. The van der Waals surface area contributed by atoms with Gasteiger partial charge in [0.2, 0.25) is 0 Å². The standard InChI is InChI=1S/C16H20N4O/c1-4-8-17-15-10-14(18-12(3)19-15)16(21)20-13-7-5-6-11(2)9-13/h5-7,9-10H,4,8H2,1-3H3,(H,20,21)(H,17,18,19). The third kappa shape index (κ3) is 4.27. The van der Waals surface area contributed by atoms with Gasteiger partial charge in [-0.3, -0.25) is 4.79 Å². The van der Waals surface area contributed by atoms with Crippen LogP contribution in [0.25, 0.3) is 0 Å². The van der Waals surface area contributed by atoms with E-state index in [4.69, 9.17) is 0 Å². The molecule has 2 N–H and O–H groups in total. The molecule has 21 heavy (non-hydrogen) atoms. The summed E-state index contributed by atoms with van der Waals surface area (Å²) in [7, 11) is 0. The third-order valence-electron chi connectivity index (χ3n) is 2.90. The maximum Gasteiger partial charge on any atom is 0.274 e. The molecule has 2 aromatic rings. The summed E-state index contributed by atoms with van der Waals surface area (Å²) in [6.45, 7) is 6.65. The Morgan fingerprint density at radius 1 is 1.19 bits per heavy atom. The molecule has 0 saturated heterocycles. The quantitative estimate of drug-likeness (QED) is 0.885. The number of carbonyl (C=O) groups is 1. The van der Waals surface area contributed by atoms with Crippen LogP contribution in [-0.2, 0) is 0 Å². The van der Waals surface area contributed by atoms with Crippen molar-refractivity contribution in [3.05, 3.63) is 47.4 Å². The Hall–Kier alpha value is -2.43. The van der Waals surface area contributed by atoms with Crippen LogP contribution in [0.4, 0.5) is 11.5 Å². The van der Waals surface area contributed by atoms with Crippen molar-refractivity contribution >= 4 is 17.4 Å². The van der Waals surface area contributed by atoms with Gasteiger partial charge in [0.15, 0.2) is 0 Å². The summed E-state index contributed by atoms with van der Waals surface area (Å²) in [5.41, 5.74) is 2.22. The van der Waals surface area contributed by atoms with Crippen LogP contribution in [-0.4, -0.2) is 22.4 Å². The molecule has 110 valence electrons. The van der Waals surface area contributed by atoms with Gasteiger partial charge >= 0.3 is 0 Å². The molecule has 0 aliphatic rings. The molecule has 0 bridgehead atoms. The summed E-state index contributed by atoms with van der Waals surface area (Å²) in [5, 5.41) is 6.02. The van der Waals surface area contributed by atoms with Crippen molar-refractivity contribution in [1.82, 2.24) is 9.97 Å². The minimum atomic E-state index is -0.231. The fraction of sp³-hybridized carbons (Fsp3) is 0.312. The van der Waals surface area contributed by atoms with Crippen molar-refractivity contribution < 1.29 is 4.79 Å². The molecule has 2 rings (SSSR count). The highest BCUT2D eigenvalue weighted by Crippen LogP contribution is 2.12. The number of nitrogens with zero attached hydrogens (tertiary/aromatic N) is 2. The van der Waals surface area contributed by atoms with E-state index in [1.165, 1.54) is 0 Å². The van der Waals surface area contributed by atoms with Gasteiger partial charge in [-0.15, -0.1) is 0 Å². The summed E-state index contributed by atoms with van der Waals surface area (Å²) in [4.78, 5) is 20.7. The lowest BCUT2D eigenvalue weighted by molar-refractivity contribution is 0.102. The monoisotopic (exact) mass is 284 g/mol. The van der Waals surface area contributed by atoms with E-state index in [0.717, 1.165) is 24.2 Å². The number of anilines is 2. The first-order chi connectivity index (χ1) is 10.1. The van der Waals surface area contributed by atoms with Crippen LogP contribution in [0.2, 0.25) is 0 Å². The Bertz CT molecular complexity index is 640. The van der Waals surface area contributed by atoms with Crippen LogP contribution in [0.15, 0.2) is 30.3 Å². The van der Waals surface area contributed by atoms with Gasteiger partial charge in [0.1, 0.15) is 17.3 Å². The van der Waals surface area contributed by atoms with E-state index in [-0.39, 0.29) is 5.91 Å². The predicted octanol–water partition coefficient (Wildman–Crippen LogP) is 3.17. The van der Waals surface area contributed by atoms with Crippen LogP contribution >= 0.6 is 0 Å². The number of hydrogen-bond donors (Lipinski definition) is 2. The lowest BCUT2D eigenvalue weighted by Crippen LogP contribution is -2.16. The molecule has 0 radical (unpaired) electrons. The molecule has 0 spiro atoms. The van der Waals surface area contributed by atoms with Gasteiger partial charge in [0, 0.05) is 18.3 Å². The zero-order valence-corrected chi connectivity index (χ0v) is 12.6. The zero-order chi connectivity index (χ0) is 15.2. The molecule has 0 atom stereocenters. The molecule has 1 heterocycles. The number of amides is 1. The van der Waals surface area contributed by atoms with E-state index in [1.807, 2.05) is 31.2 Å². The summed E-state index contributed by atoms with van der Waals surface area (Å²) < 4.78 is 0. The minimum absolute atomic E-state index is 0.231. The Balaban J connectivity index is 2.16. The fourth-order valence-corrected chi connectivity index (χ4v) is 1.95. The average Bonchev–Trinajstić information content (AvgIpc) is 2.44. The van der Waals surface area contributed by atoms with Crippen LogP contribution in [0.1, 0.15) is 35.2 Å². The molecule has 1 aromatic heterocycles. The average molecular weight is 284 g/mol. The van der Waals surface area contributed by atoms with Crippen molar-refractivity contribution in [1.29, 1.82) is 0 Å². The van der Waals surface area contributed by atoms with E-state index in [1.54, 1.807) is 13.0 Å². The van der Waals surface area contributed by atoms with Crippen molar-refractivity contribution in [2.45, 2.75) is 27.2 Å². The van der Waals surface area contributed by atoms with Gasteiger partial charge in [-0.1, -0.05) is 19.1 Å². The minimum Gasteiger partial charge on any atom is -0.370 e. The van der Waals surface area contributed by atoms with E-state index in [9.17, 15) is 4.79 Å². The predicted molar refractivity (Wildman–Crippen MR) is 84.7 cm³/mol. The second kappa shape index (κ2) is 6.83. The van der Waals surface area contributed by atoms with E-state index >= 15 is 0 Å². The molecule has 0 aliphatic heterocycles. The second-order valence-corrected chi connectivity index (χ2v) is 4.94. The normalized spacial score (nSPS) is 10.2. The lowest BCUT2D eigenvalue weighted by Gasteiger charge is -2.09. The van der Waals surface area contributed by atoms with Gasteiger partial charge in [0.05, 0.1) is 0 Å². The Morgan fingerprint density at radius 3 is 2.71 bits per heavy atom. The summed E-state index contributed by atoms with van der Waals surface area (Å²) in [5.74, 6) is 1.02. The first-order valence-electron chi connectivity index (χ1n) is 7.06. The highest BCUT2D eigenvalue weighted by Gasteiger charge is 2.10. The second-order valence-electron chi connectivity index (χ2n) is 4.94. The van der Waals surface area contributed by atoms with Crippen molar-refractivity contribution in [3.8, 4) is 0 Å². The zero-order valence-electron chi connectivity index (χ0n) is 12.6. The molecule has 1 aromatic carbocycles. The SMILES string of the molecule is CCCNc1cc(C(=O)Nc2cccc(C)c2)nc(C)n1. The largest absolute Gasteiger partial charge is 0.370 e. The molecule has 0 fully saturated rings. The number of carbonyl (C=O) groups excluding carboxylic acids is 1. The van der Waals surface area contributed by atoms with E-state index in [0.29, 0.717) is 17.3 Å². The number of aromatic nitrogens is 2. The lowest BCUT2D eigenvalue weighted by atomic mass is 10.2. The highest BCUT2D eigenvalue weighted by molar-refractivity contribution is 6.03. The molecule has 0 saturated carbocycles. The van der Waals surface area contributed by atoms with Gasteiger partial charge in [-0.05, 0) is 38.0 Å². The Labute approximate surface area is 124 Å². The summed E-state index contributed by atoms with van der Waals surface area (Å²) in [6, 6.07) is 9.34. The molecule has 5 heteroatoms. The topological polar surface area (TPSA) is 66.9 Å². The first-order valence-corrected chi connectivity index (χ1v) is 7.06. The number of aryl methyl sites for hydroxylation is 2. The number of hydrogen-bond acceptors (Lipinski definition) is 4. The van der Waals surface area contributed by atoms with Crippen LogP contribution in [0.3, 0.4) is 0 Å².